The third kappa shape index (κ3) is 6.69. The Bertz CT molecular complexity index is 1450. The zero-order valence-electron chi connectivity index (χ0n) is 31.8. The van der Waals surface area contributed by atoms with Gasteiger partial charge in [-0.05, 0) is 86.5 Å². The van der Waals surface area contributed by atoms with Crippen LogP contribution in [-0.2, 0) is 33.2 Å². The van der Waals surface area contributed by atoms with Gasteiger partial charge in [0, 0.05) is 0 Å². The van der Waals surface area contributed by atoms with Gasteiger partial charge in [0.2, 0.25) is 6.29 Å². The highest BCUT2D eigenvalue weighted by Crippen LogP contribution is 2.73. The summed E-state index contributed by atoms with van der Waals surface area (Å²) in [5.41, 5.74) is -1.80. The van der Waals surface area contributed by atoms with Crippen LogP contribution in [0.25, 0.3) is 0 Å². The fourth-order valence-electron chi connectivity index (χ4n) is 12.0. The third-order valence-electron chi connectivity index (χ3n) is 15.0. The molecular weight excluding hydrogens is 744 g/mol. The van der Waals surface area contributed by atoms with Gasteiger partial charge in [-0.1, -0.05) is 19.9 Å². The molecule has 3 aliphatic heterocycles. The van der Waals surface area contributed by atoms with Gasteiger partial charge in [-0.3, -0.25) is 4.79 Å². The quantitative estimate of drug-likeness (QED) is 0.0631. The Hall–Kier alpha value is -1.43. The zero-order chi connectivity index (χ0) is 40.7. The van der Waals surface area contributed by atoms with Gasteiger partial charge < -0.3 is 84.6 Å². The van der Waals surface area contributed by atoms with Crippen molar-refractivity contribution in [2.24, 2.45) is 28.1 Å². The first-order chi connectivity index (χ1) is 26.4. The van der Waals surface area contributed by atoms with Gasteiger partial charge in [0.25, 0.3) is 0 Å². The molecule has 320 valence electrons. The number of aliphatic hydroxyl groups is 11. The molecule has 7 rings (SSSR count). The van der Waals surface area contributed by atoms with Gasteiger partial charge in [-0.25, -0.2) is 0 Å². The number of aliphatic hydroxyl groups excluding tert-OH is 11. The van der Waals surface area contributed by atoms with Crippen LogP contribution < -0.4 is 0 Å². The van der Waals surface area contributed by atoms with E-state index in [4.69, 9.17) is 28.4 Å². The number of rotatable bonds is 9. The van der Waals surface area contributed by atoms with Gasteiger partial charge in [0.1, 0.15) is 73.2 Å². The van der Waals surface area contributed by atoms with E-state index >= 15 is 0 Å². The first-order valence-electron chi connectivity index (χ1n) is 19.9. The van der Waals surface area contributed by atoms with Crippen molar-refractivity contribution in [1.29, 1.82) is 0 Å². The Kier molecular flexibility index (Phi) is 11.9. The van der Waals surface area contributed by atoms with Crippen molar-refractivity contribution in [1.82, 2.24) is 0 Å². The van der Waals surface area contributed by atoms with Crippen molar-refractivity contribution < 1.29 is 89.4 Å². The topological polar surface area (TPSA) is 295 Å². The number of carbonyl (C=O) groups is 1. The van der Waals surface area contributed by atoms with E-state index in [1.165, 1.54) is 0 Å². The maximum atomic E-state index is 14.1. The number of fused-ring (bicyclic) bond motifs is 3. The van der Waals surface area contributed by atoms with E-state index in [0.717, 1.165) is 18.4 Å². The molecule has 0 aromatic heterocycles. The van der Waals surface area contributed by atoms with E-state index in [1.54, 1.807) is 0 Å². The highest BCUT2D eigenvalue weighted by atomic mass is 16.8. The van der Waals surface area contributed by atoms with Crippen LogP contribution in [-0.4, -0.2) is 180 Å². The summed E-state index contributed by atoms with van der Waals surface area (Å²) in [6.45, 7) is 6.52. The van der Waals surface area contributed by atoms with E-state index in [0.29, 0.717) is 44.9 Å². The summed E-state index contributed by atoms with van der Waals surface area (Å²) in [5, 5.41) is 114. The van der Waals surface area contributed by atoms with Crippen molar-refractivity contribution in [2.45, 2.75) is 169 Å². The molecule has 7 fully saturated rings. The number of hydrogen-bond acceptors (Lipinski definition) is 18. The molecule has 4 aliphatic carbocycles. The summed E-state index contributed by atoms with van der Waals surface area (Å²) in [6.07, 6.45) is -17.8. The molecule has 0 aromatic rings. The third-order valence-corrected chi connectivity index (χ3v) is 15.0. The fourth-order valence-corrected chi connectivity index (χ4v) is 12.0. The summed E-state index contributed by atoms with van der Waals surface area (Å²) in [7, 11) is 0. The molecule has 18 nitrogen and oxygen atoms in total. The van der Waals surface area contributed by atoms with Crippen LogP contribution in [0, 0.1) is 28.1 Å². The molecule has 11 N–H and O–H groups in total. The average Bonchev–Trinajstić information content (AvgIpc) is 3.37. The standard InChI is InChI=1S/C38H60O18/c1-16-11-37-9-5-20-35(2,7-4-8-36(20,3)34(50)55-32-29(49)26(46)23(43)18(13-40)52-32)21(37)6-10-38(16,15-37)56-33-30(27(47)24(44)19(14-41)53-33)54-31-28(48)25(45)22(42)17(12-39)51-31/h17-33,39-49H,1,4-15H2,2-3H3/t17-,18-,19-,20+,21+,22-,23-,24-,25+,26+,27+,28-,29-,30-,31+,32+,33-,35-,36-,37-,38+/m1/s1. The maximum Gasteiger partial charge on any atom is 0.314 e. The van der Waals surface area contributed by atoms with Crippen molar-refractivity contribution in [3.63, 3.8) is 0 Å². The van der Waals surface area contributed by atoms with Crippen LogP contribution in [0.5, 0.6) is 0 Å². The number of carbonyl (C=O) groups excluding carboxylic acids is 1. The molecular formula is C38H60O18. The molecule has 0 radical (unpaired) electrons. The lowest BCUT2D eigenvalue weighted by Gasteiger charge is -2.64. The van der Waals surface area contributed by atoms with Crippen molar-refractivity contribution in [3.05, 3.63) is 12.2 Å². The molecule has 18 heteroatoms. The van der Waals surface area contributed by atoms with Crippen LogP contribution in [0.3, 0.4) is 0 Å². The van der Waals surface area contributed by atoms with Gasteiger partial charge >= 0.3 is 5.97 Å². The molecule has 4 saturated carbocycles. The molecule has 3 heterocycles. The van der Waals surface area contributed by atoms with Gasteiger partial charge in [-0.15, -0.1) is 0 Å². The maximum absolute atomic E-state index is 14.1. The Balaban J connectivity index is 1.10. The van der Waals surface area contributed by atoms with E-state index in [-0.39, 0.29) is 22.7 Å². The lowest BCUT2D eigenvalue weighted by Crippen LogP contribution is -2.65. The minimum Gasteiger partial charge on any atom is -0.432 e. The average molecular weight is 805 g/mol. The highest BCUT2D eigenvalue weighted by molar-refractivity contribution is 5.77. The molecule has 0 aromatic carbocycles. The van der Waals surface area contributed by atoms with Gasteiger partial charge in [0.05, 0.1) is 30.8 Å². The Morgan fingerprint density at radius 3 is 1.82 bits per heavy atom. The van der Waals surface area contributed by atoms with E-state index < -0.39 is 129 Å². The Morgan fingerprint density at radius 2 is 1.21 bits per heavy atom. The second kappa shape index (κ2) is 15.6. The largest absolute Gasteiger partial charge is 0.432 e. The summed E-state index contributed by atoms with van der Waals surface area (Å²) >= 11 is 0. The molecule has 21 atom stereocenters. The zero-order valence-corrected chi connectivity index (χ0v) is 31.8. The number of ether oxygens (including phenoxy) is 6. The first-order valence-corrected chi connectivity index (χ1v) is 19.9. The Morgan fingerprint density at radius 1 is 0.679 bits per heavy atom. The second-order valence-corrected chi connectivity index (χ2v) is 18.0. The molecule has 0 amide bonds. The minimum absolute atomic E-state index is 0.121. The van der Waals surface area contributed by atoms with Crippen LogP contribution in [0.4, 0.5) is 0 Å². The van der Waals surface area contributed by atoms with Gasteiger partial charge in [-0.2, -0.15) is 0 Å². The van der Waals surface area contributed by atoms with Crippen LogP contribution >= 0.6 is 0 Å². The van der Waals surface area contributed by atoms with Crippen LogP contribution in [0.1, 0.15) is 71.6 Å². The lowest BCUT2D eigenvalue weighted by molar-refractivity contribution is -0.378. The van der Waals surface area contributed by atoms with Crippen molar-refractivity contribution >= 4 is 5.97 Å². The van der Waals surface area contributed by atoms with Crippen LogP contribution in [0.15, 0.2) is 12.2 Å². The summed E-state index contributed by atoms with van der Waals surface area (Å²) in [5.74, 6) is -0.591. The minimum atomic E-state index is -1.81. The van der Waals surface area contributed by atoms with E-state index in [2.05, 4.69) is 13.5 Å². The molecule has 1 spiro atoms. The molecule has 2 bridgehead atoms. The molecule has 56 heavy (non-hydrogen) atoms. The second-order valence-electron chi connectivity index (χ2n) is 18.0. The number of esters is 1. The predicted molar refractivity (Wildman–Crippen MR) is 186 cm³/mol. The number of hydrogen-bond donors (Lipinski definition) is 11. The molecule has 3 saturated heterocycles. The van der Waals surface area contributed by atoms with Crippen molar-refractivity contribution in [3.8, 4) is 0 Å². The first kappa shape index (κ1) is 42.7. The van der Waals surface area contributed by atoms with E-state index in [9.17, 15) is 61.0 Å². The smallest absolute Gasteiger partial charge is 0.314 e. The predicted octanol–water partition coefficient (Wildman–Crippen LogP) is -2.94. The summed E-state index contributed by atoms with van der Waals surface area (Å²) in [6, 6.07) is 0. The normalized spacial score (nSPS) is 54.6. The van der Waals surface area contributed by atoms with Crippen molar-refractivity contribution in [2.75, 3.05) is 19.8 Å². The highest BCUT2D eigenvalue weighted by Gasteiger charge is 2.69. The monoisotopic (exact) mass is 804 g/mol. The lowest BCUT2D eigenvalue weighted by atomic mass is 9.41. The SMILES string of the molecule is C=C1C[C@@]23CC[C@H]4[C@@](C)(CCC[C@@]4(C)C(=O)O[C@@H]4O[C@H](CO)[C@@H](O)[C@H](O)[C@H]4O)[C@@H]2CC[C@]1(O[C@H]1O[C@H](CO)[C@@H](O)[C@H](O)[C@H]1O[C@@H]1O[C@H](CO)[C@@H](O)[C@H](O)[C@H]1O)C3. The molecule has 0 unspecified atom stereocenters. The summed E-state index contributed by atoms with van der Waals surface area (Å²) in [4.78, 5) is 14.1. The summed E-state index contributed by atoms with van der Waals surface area (Å²) < 4.78 is 35.6. The fraction of sp³-hybridized carbons (Fsp3) is 0.921. The van der Waals surface area contributed by atoms with E-state index in [1.807, 2.05) is 6.92 Å². The van der Waals surface area contributed by atoms with Gasteiger partial charge in [0.15, 0.2) is 12.6 Å². The molecule has 7 aliphatic rings. The Labute approximate surface area is 324 Å². The van der Waals surface area contributed by atoms with Crippen LogP contribution in [0.2, 0.25) is 0 Å².